The number of aryl methyl sites for hydroxylation is 1. The van der Waals surface area contributed by atoms with Crippen molar-refractivity contribution in [2.45, 2.75) is 44.0 Å². The van der Waals surface area contributed by atoms with Gasteiger partial charge >= 0.3 is 11.8 Å². The van der Waals surface area contributed by atoms with Crippen molar-refractivity contribution in [1.29, 1.82) is 0 Å². The van der Waals surface area contributed by atoms with Gasteiger partial charge in [-0.25, -0.2) is 8.42 Å². The van der Waals surface area contributed by atoms with Gasteiger partial charge in [-0.1, -0.05) is 30.1 Å². The number of furan rings is 1. The smallest absolute Gasteiger partial charge is 0.316 e. The molecule has 32 heavy (non-hydrogen) atoms. The molecule has 1 aliphatic rings. The monoisotopic (exact) mass is 458 g/mol. The maximum Gasteiger partial charge on any atom is 0.316 e. The minimum absolute atomic E-state index is 0.0816. The van der Waals surface area contributed by atoms with Crippen LogP contribution in [-0.2, 0) is 16.6 Å². The fourth-order valence-corrected chi connectivity index (χ4v) is 5.11. The first kappa shape index (κ1) is 22.2. The second kappa shape index (κ2) is 9.25. The third kappa shape index (κ3) is 4.61. The summed E-state index contributed by atoms with van der Waals surface area (Å²) in [5.41, 5.74) is 1.05. The van der Waals surface area contributed by atoms with E-state index in [9.17, 15) is 13.2 Å². The molecule has 1 amide bonds. The largest absolute Gasteiger partial charge is 0.468 e. The Kier molecular flexibility index (Phi) is 6.43. The van der Waals surface area contributed by atoms with Crippen molar-refractivity contribution in [3.8, 4) is 11.4 Å². The highest BCUT2D eigenvalue weighted by molar-refractivity contribution is 7.89. The van der Waals surface area contributed by atoms with Crippen molar-refractivity contribution in [2.24, 2.45) is 0 Å². The molecule has 3 aromatic rings. The van der Waals surface area contributed by atoms with E-state index in [1.807, 2.05) is 0 Å². The molecule has 0 spiro atoms. The van der Waals surface area contributed by atoms with E-state index >= 15 is 0 Å². The van der Waals surface area contributed by atoms with Crippen molar-refractivity contribution in [1.82, 2.24) is 19.3 Å². The van der Waals surface area contributed by atoms with Gasteiger partial charge in [0.1, 0.15) is 5.76 Å². The number of nitrogens with zero attached hydrogens (tertiary/aromatic N) is 4. The number of carbonyl (C=O) groups excluding carboxylic acids is 1. The Morgan fingerprint density at radius 2 is 1.91 bits per heavy atom. The van der Waals surface area contributed by atoms with Crippen LogP contribution in [0.15, 0.2) is 50.4 Å². The quantitative estimate of drug-likeness (QED) is 0.556. The number of sulfonamides is 1. The lowest BCUT2D eigenvalue weighted by atomic mass is 10.1. The molecule has 4 rings (SSSR count). The average Bonchev–Trinajstić information content (AvgIpc) is 3.40. The Labute approximate surface area is 187 Å². The summed E-state index contributed by atoms with van der Waals surface area (Å²) < 4.78 is 38.1. The highest BCUT2D eigenvalue weighted by Gasteiger charge is 2.26. The van der Waals surface area contributed by atoms with Gasteiger partial charge in [0.05, 0.1) is 17.7 Å². The fourth-order valence-electron chi connectivity index (χ4n) is 3.73. The Hall–Kier alpha value is -2.98. The number of amides is 1. The maximum atomic E-state index is 13.2. The van der Waals surface area contributed by atoms with E-state index in [2.05, 4.69) is 10.1 Å². The fraction of sp³-hybridized carbons (Fsp3) is 0.409. The molecule has 1 aromatic carbocycles. The van der Waals surface area contributed by atoms with E-state index in [1.165, 1.54) is 23.7 Å². The van der Waals surface area contributed by atoms with Crippen molar-refractivity contribution in [2.75, 3.05) is 20.1 Å². The lowest BCUT2D eigenvalue weighted by Gasteiger charge is -2.18. The highest BCUT2D eigenvalue weighted by atomic mass is 32.2. The van der Waals surface area contributed by atoms with Crippen LogP contribution in [0.25, 0.3) is 11.4 Å². The van der Waals surface area contributed by atoms with Crippen molar-refractivity contribution in [3.63, 3.8) is 0 Å². The predicted molar refractivity (Wildman–Crippen MR) is 116 cm³/mol. The van der Waals surface area contributed by atoms with E-state index < -0.39 is 10.0 Å². The minimum Gasteiger partial charge on any atom is -0.468 e. The Balaban J connectivity index is 1.58. The van der Waals surface area contributed by atoms with Gasteiger partial charge in [0.25, 0.3) is 0 Å². The van der Waals surface area contributed by atoms with Crippen LogP contribution < -0.4 is 0 Å². The molecule has 1 aliphatic heterocycles. The van der Waals surface area contributed by atoms with Gasteiger partial charge in [0, 0.05) is 25.7 Å². The Morgan fingerprint density at radius 1 is 1.16 bits per heavy atom. The third-order valence-electron chi connectivity index (χ3n) is 5.60. The zero-order chi connectivity index (χ0) is 22.7. The van der Waals surface area contributed by atoms with E-state index in [-0.39, 0.29) is 29.1 Å². The molecular weight excluding hydrogens is 432 g/mol. The van der Waals surface area contributed by atoms with E-state index in [4.69, 9.17) is 8.94 Å². The first-order valence-corrected chi connectivity index (χ1v) is 12.0. The molecule has 170 valence electrons. The number of rotatable bonds is 6. The van der Waals surface area contributed by atoms with Crippen LogP contribution in [0.5, 0.6) is 0 Å². The molecule has 0 N–H and O–H groups in total. The summed E-state index contributed by atoms with van der Waals surface area (Å²) in [5.74, 6) is 0.346. The van der Waals surface area contributed by atoms with Gasteiger partial charge in [0.2, 0.25) is 15.8 Å². The summed E-state index contributed by atoms with van der Waals surface area (Å²) in [7, 11) is -2.30. The normalized spacial score (nSPS) is 15.2. The van der Waals surface area contributed by atoms with Crippen LogP contribution in [0.3, 0.4) is 0 Å². The van der Waals surface area contributed by atoms with Gasteiger partial charge in [0.15, 0.2) is 0 Å². The van der Waals surface area contributed by atoms with Crippen molar-refractivity contribution in [3.05, 3.63) is 53.8 Å². The number of likely N-dealkylation sites (tertiary alicyclic amines) is 1. The van der Waals surface area contributed by atoms with E-state index in [1.54, 1.807) is 36.1 Å². The van der Waals surface area contributed by atoms with Crippen LogP contribution in [0.1, 0.15) is 47.7 Å². The molecule has 0 bridgehead atoms. The number of benzene rings is 1. The molecule has 0 atom stereocenters. The molecule has 1 fully saturated rings. The molecule has 3 heterocycles. The summed E-state index contributed by atoms with van der Waals surface area (Å²) in [4.78, 5) is 18.9. The molecule has 2 aromatic heterocycles. The second-order valence-electron chi connectivity index (χ2n) is 7.95. The first-order chi connectivity index (χ1) is 15.4. The molecule has 0 unspecified atom stereocenters. The molecule has 0 saturated carbocycles. The summed E-state index contributed by atoms with van der Waals surface area (Å²) >= 11 is 0. The summed E-state index contributed by atoms with van der Waals surface area (Å²) in [6, 6.07) is 8.34. The Morgan fingerprint density at radius 3 is 2.59 bits per heavy atom. The summed E-state index contributed by atoms with van der Waals surface area (Å²) in [6.07, 6.45) is 5.62. The average molecular weight is 459 g/mol. The SMILES string of the molecule is Cc1ccc(-c2noc(C(=O)N3CCCCCC3)n2)cc1S(=O)(=O)N(C)Cc1ccco1. The van der Waals surface area contributed by atoms with Crippen LogP contribution in [0.2, 0.25) is 0 Å². The molecular formula is C22H26N4O5S. The van der Waals surface area contributed by atoms with Crippen LogP contribution >= 0.6 is 0 Å². The molecule has 10 heteroatoms. The maximum absolute atomic E-state index is 13.2. The van der Waals surface area contributed by atoms with Crippen molar-refractivity contribution < 1.29 is 22.2 Å². The molecule has 0 aliphatic carbocycles. The molecule has 0 radical (unpaired) electrons. The number of hydrogen-bond acceptors (Lipinski definition) is 7. The van der Waals surface area contributed by atoms with Crippen LogP contribution in [0, 0.1) is 6.92 Å². The third-order valence-corrected chi connectivity index (χ3v) is 7.54. The lowest BCUT2D eigenvalue weighted by molar-refractivity contribution is 0.0711. The number of hydrogen-bond donors (Lipinski definition) is 0. The standard InChI is InChI=1S/C22H26N4O5S/c1-16-9-10-17(14-19(16)32(28,29)25(2)15-18-8-7-13-30-18)20-23-21(31-24-20)22(27)26-11-5-3-4-6-12-26/h7-10,13-14H,3-6,11-12,15H2,1-2H3. The van der Waals surface area contributed by atoms with Crippen LogP contribution in [-0.4, -0.2) is 53.8 Å². The number of aromatic nitrogens is 2. The highest BCUT2D eigenvalue weighted by Crippen LogP contribution is 2.26. The summed E-state index contributed by atoms with van der Waals surface area (Å²) in [6.45, 7) is 3.18. The van der Waals surface area contributed by atoms with E-state index in [0.29, 0.717) is 30.0 Å². The van der Waals surface area contributed by atoms with Gasteiger partial charge in [-0.15, -0.1) is 0 Å². The predicted octanol–water partition coefficient (Wildman–Crippen LogP) is 3.47. The zero-order valence-electron chi connectivity index (χ0n) is 18.2. The summed E-state index contributed by atoms with van der Waals surface area (Å²) in [5, 5.41) is 3.93. The van der Waals surface area contributed by atoms with Crippen molar-refractivity contribution >= 4 is 15.9 Å². The topological polar surface area (TPSA) is 110 Å². The minimum atomic E-state index is -3.79. The zero-order valence-corrected chi connectivity index (χ0v) is 19.0. The molecule has 9 nitrogen and oxygen atoms in total. The second-order valence-corrected chi connectivity index (χ2v) is 9.96. The lowest BCUT2D eigenvalue weighted by Crippen LogP contribution is -2.32. The Bertz CT molecular complexity index is 1180. The van der Waals surface area contributed by atoms with E-state index in [0.717, 1.165) is 25.7 Å². The van der Waals surface area contributed by atoms with Gasteiger partial charge < -0.3 is 13.8 Å². The number of carbonyl (C=O) groups is 1. The molecule has 1 saturated heterocycles. The van der Waals surface area contributed by atoms with Gasteiger partial charge in [-0.2, -0.15) is 9.29 Å². The van der Waals surface area contributed by atoms with Gasteiger partial charge in [-0.05, 0) is 43.5 Å². The van der Waals surface area contributed by atoms with Crippen LogP contribution in [0.4, 0.5) is 0 Å². The van der Waals surface area contributed by atoms with Gasteiger partial charge in [-0.3, -0.25) is 4.79 Å². The first-order valence-electron chi connectivity index (χ1n) is 10.6.